The van der Waals surface area contributed by atoms with Crippen molar-refractivity contribution in [2.24, 2.45) is 4.99 Å². The zero-order valence-corrected chi connectivity index (χ0v) is 12.6. The number of hydrogen-bond acceptors (Lipinski definition) is 5. The molecule has 1 N–H and O–H groups in total. The van der Waals surface area contributed by atoms with Gasteiger partial charge in [-0.2, -0.15) is 0 Å². The third kappa shape index (κ3) is 2.70. The normalized spacial score (nSPS) is 12.9. The number of methoxy groups -OCH3 is 2. The Kier molecular flexibility index (Phi) is 3.87. The van der Waals surface area contributed by atoms with Gasteiger partial charge in [0.15, 0.2) is 0 Å². The quantitative estimate of drug-likeness (QED) is 0.923. The Labute approximate surface area is 128 Å². The molecule has 0 spiro atoms. The summed E-state index contributed by atoms with van der Waals surface area (Å²) >= 11 is 0. The zero-order chi connectivity index (χ0) is 15.5. The average molecular weight is 298 g/mol. The first kappa shape index (κ1) is 14.3. The van der Waals surface area contributed by atoms with Gasteiger partial charge >= 0.3 is 0 Å². The van der Waals surface area contributed by atoms with Crippen molar-refractivity contribution >= 4 is 6.20 Å². The first-order valence-electron chi connectivity index (χ1n) is 7.00. The van der Waals surface area contributed by atoms with E-state index in [4.69, 9.17) is 9.47 Å². The standard InChI is InChI=1S/C17H18N2O3/c1-21-16-4-3-5-17(22-2)14(16)10-19-9-12-8-13(20)6-7-15(12)18-11-19/h3-9,20H,10-11H2,1-2H3. The zero-order valence-electron chi connectivity index (χ0n) is 12.6. The Balaban J connectivity index is 1.95. The van der Waals surface area contributed by atoms with Gasteiger partial charge in [-0.05, 0) is 30.3 Å². The number of aromatic hydroxyl groups is 1. The van der Waals surface area contributed by atoms with Crippen LogP contribution in [0.25, 0.3) is 6.20 Å². The molecule has 0 aromatic heterocycles. The van der Waals surface area contributed by atoms with Crippen molar-refractivity contribution in [3.63, 3.8) is 0 Å². The van der Waals surface area contributed by atoms with Crippen molar-refractivity contribution in [3.8, 4) is 17.2 Å². The minimum Gasteiger partial charge on any atom is -0.508 e. The van der Waals surface area contributed by atoms with Crippen LogP contribution in [0.15, 0.2) is 41.4 Å². The van der Waals surface area contributed by atoms with E-state index in [1.54, 1.807) is 26.4 Å². The first-order valence-corrected chi connectivity index (χ1v) is 7.00. The summed E-state index contributed by atoms with van der Waals surface area (Å²) in [5.41, 5.74) is 0.975. The number of hydrogen-bond donors (Lipinski definition) is 1. The molecule has 5 nitrogen and oxygen atoms in total. The lowest BCUT2D eigenvalue weighted by molar-refractivity contribution is 0.352. The SMILES string of the molecule is COc1cccc(OC)c1CN1C=c2cc(O)ccc2=NC1. The highest BCUT2D eigenvalue weighted by Crippen LogP contribution is 2.29. The van der Waals surface area contributed by atoms with Gasteiger partial charge in [-0.3, -0.25) is 4.99 Å². The van der Waals surface area contributed by atoms with E-state index in [-0.39, 0.29) is 5.75 Å². The molecular formula is C17H18N2O3. The van der Waals surface area contributed by atoms with E-state index in [1.165, 1.54) is 0 Å². The number of benzene rings is 2. The highest BCUT2D eigenvalue weighted by atomic mass is 16.5. The molecule has 2 aromatic carbocycles. The van der Waals surface area contributed by atoms with Crippen LogP contribution in [0.4, 0.5) is 0 Å². The fraction of sp³-hybridized carbons (Fsp3) is 0.235. The van der Waals surface area contributed by atoms with Crippen LogP contribution in [0.2, 0.25) is 0 Å². The van der Waals surface area contributed by atoms with Gasteiger partial charge in [-0.25, -0.2) is 0 Å². The van der Waals surface area contributed by atoms with Crippen LogP contribution >= 0.6 is 0 Å². The Morgan fingerprint density at radius 3 is 2.55 bits per heavy atom. The fourth-order valence-electron chi connectivity index (χ4n) is 2.58. The molecule has 2 aromatic rings. The second-order valence-electron chi connectivity index (χ2n) is 5.06. The van der Waals surface area contributed by atoms with E-state index < -0.39 is 0 Å². The van der Waals surface area contributed by atoms with E-state index in [0.29, 0.717) is 13.2 Å². The Morgan fingerprint density at radius 1 is 1.14 bits per heavy atom. The van der Waals surface area contributed by atoms with Crippen LogP contribution in [0.5, 0.6) is 17.2 Å². The molecule has 0 amide bonds. The maximum absolute atomic E-state index is 9.61. The molecule has 0 saturated carbocycles. The monoisotopic (exact) mass is 298 g/mol. The third-order valence-corrected chi connectivity index (χ3v) is 3.65. The highest BCUT2D eigenvalue weighted by molar-refractivity contribution is 5.45. The number of nitrogens with zero attached hydrogens (tertiary/aromatic N) is 2. The van der Waals surface area contributed by atoms with Gasteiger partial charge in [-0.1, -0.05) is 6.07 Å². The van der Waals surface area contributed by atoms with Gasteiger partial charge in [0.1, 0.15) is 23.9 Å². The minimum absolute atomic E-state index is 0.238. The maximum Gasteiger partial charge on any atom is 0.127 e. The Hall–Kier alpha value is -2.69. The van der Waals surface area contributed by atoms with E-state index in [1.807, 2.05) is 30.5 Å². The van der Waals surface area contributed by atoms with E-state index in [0.717, 1.165) is 27.6 Å². The van der Waals surface area contributed by atoms with Gasteiger partial charge in [0.05, 0.1) is 31.7 Å². The number of ether oxygens (including phenoxy) is 2. The summed E-state index contributed by atoms with van der Waals surface area (Å²) < 4.78 is 10.9. The second kappa shape index (κ2) is 5.97. The summed E-state index contributed by atoms with van der Waals surface area (Å²) in [4.78, 5) is 6.58. The van der Waals surface area contributed by atoms with Crippen molar-refractivity contribution in [1.82, 2.24) is 4.90 Å². The molecule has 0 fully saturated rings. The van der Waals surface area contributed by atoms with Crippen molar-refractivity contribution in [2.45, 2.75) is 6.54 Å². The van der Waals surface area contributed by atoms with Crippen LogP contribution < -0.4 is 20.0 Å². The van der Waals surface area contributed by atoms with Crippen LogP contribution in [0.1, 0.15) is 5.56 Å². The van der Waals surface area contributed by atoms with Gasteiger partial charge in [0.2, 0.25) is 0 Å². The third-order valence-electron chi connectivity index (χ3n) is 3.65. The maximum atomic E-state index is 9.61. The molecule has 0 bridgehead atoms. The largest absolute Gasteiger partial charge is 0.508 e. The highest BCUT2D eigenvalue weighted by Gasteiger charge is 2.13. The Bertz CT molecular complexity index is 780. The molecule has 0 atom stereocenters. The van der Waals surface area contributed by atoms with Crippen molar-refractivity contribution in [2.75, 3.05) is 20.9 Å². The Morgan fingerprint density at radius 2 is 1.86 bits per heavy atom. The van der Waals surface area contributed by atoms with Gasteiger partial charge in [0.25, 0.3) is 0 Å². The predicted molar refractivity (Wildman–Crippen MR) is 83.3 cm³/mol. The minimum atomic E-state index is 0.238. The molecule has 1 aliphatic rings. The van der Waals surface area contributed by atoms with Gasteiger partial charge in [0, 0.05) is 11.4 Å². The summed E-state index contributed by atoms with van der Waals surface area (Å²) in [7, 11) is 3.30. The summed E-state index contributed by atoms with van der Waals surface area (Å²) in [5, 5.41) is 11.4. The first-order chi connectivity index (χ1) is 10.7. The molecule has 0 radical (unpaired) electrons. The predicted octanol–water partition coefficient (Wildman–Crippen LogP) is 1.24. The molecule has 0 unspecified atom stereocenters. The second-order valence-corrected chi connectivity index (χ2v) is 5.06. The van der Waals surface area contributed by atoms with Crippen molar-refractivity contribution < 1.29 is 14.6 Å². The smallest absolute Gasteiger partial charge is 0.127 e. The fourth-order valence-corrected chi connectivity index (χ4v) is 2.58. The lowest BCUT2D eigenvalue weighted by atomic mass is 10.1. The van der Waals surface area contributed by atoms with E-state index in [2.05, 4.69) is 9.89 Å². The van der Waals surface area contributed by atoms with Crippen LogP contribution in [0.3, 0.4) is 0 Å². The number of phenols is 1. The summed E-state index contributed by atoms with van der Waals surface area (Å²) in [6.07, 6.45) is 1.99. The lowest BCUT2D eigenvalue weighted by Crippen LogP contribution is -2.35. The molecule has 0 aliphatic carbocycles. The molecule has 5 heteroatoms. The summed E-state index contributed by atoms with van der Waals surface area (Å²) in [6.45, 7) is 1.17. The summed E-state index contributed by atoms with van der Waals surface area (Å²) in [5.74, 6) is 1.81. The molecular weight excluding hydrogens is 280 g/mol. The lowest BCUT2D eigenvalue weighted by Gasteiger charge is -2.23. The molecule has 3 rings (SSSR count). The number of rotatable bonds is 4. The molecule has 22 heavy (non-hydrogen) atoms. The van der Waals surface area contributed by atoms with Crippen molar-refractivity contribution in [1.29, 1.82) is 0 Å². The molecule has 1 heterocycles. The topological polar surface area (TPSA) is 54.3 Å². The van der Waals surface area contributed by atoms with Crippen LogP contribution in [-0.4, -0.2) is 30.9 Å². The van der Waals surface area contributed by atoms with Crippen LogP contribution in [0, 0.1) is 0 Å². The van der Waals surface area contributed by atoms with E-state index >= 15 is 0 Å². The number of fused-ring (bicyclic) bond motifs is 1. The molecule has 1 aliphatic heterocycles. The molecule has 0 saturated heterocycles. The molecule has 114 valence electrons. The average Bonchev–Trinajstić information content (AvgIpc) is 2.54. The van der Waals surface area contributed by atoms with Crippen LogP contribution in [-0.2, 0) is 6.54 Å². The van der Waals surface area contributed by atoms with Gasteiger partial charge in [-0.15, -0.1) is 0 Å². The van der Waals surface area contributed by atoms with Crippen molar-refractivity contribution in [3.05, 3.63) is 52.5 Å². The van der Waals surface area contributed by atoms with Gasteiger partial charge < -0.3 is 19.5 Å². The summed E-state index contributed by atoms with van der Waals surface area (Å²) in [6, 6.07) is 10.9. The van der Waals surface area contributed by atoms with E-state index in [9.17, 15) is 5.11 Å². The number of phenolic OH excluding ortho intramolecular Hbond substituents is 1.